The van der Waals surface area contributed by atoms with Crippen molar-refractivity contribution in [3.8, 4) is 0 Å². The van der Waals surface area contributed by atoms with Crippen molar-refractivity contribution < 1.29 is 28.9 Å². The van der Waals surface area contributed by atoms with Gasteiger partial charge in [0.25, 0.3) is 5.91 Å². The summed E-state index contributed by atoms with van der Waals surface area (Å²) in [5.74, 6) is -1.65. The van der Waals surface area contributed by atoms with Crippen molar-refractivity contribution >= 4 is 11.9 Å². The molecule has 4 aliphatic rings. The number of esters is 1. The van der Waals surface area contributed by atoms with Crippen LogP contribution in [-0.2, 0) is 23.8 Å². The summed E-state index contributed by atoms with van der Waals surface area (Å²) in [4.78, 5) is 27.2. The molecular formula is C27H41NO6. The first-order valence-corrected chi connectivity index (χ1v) is 12.8. The SMILES string of the molecule is CC1=C[C@@H]2/C=C(\C)CC[C@H](O)[C@@H]3OC(C)(C)O[C@@H]3CC(=O)O[C@]23C(=O)N[C@H](CC(C)C)[C@@H]3[C@@H]1C. The molecule has 190 valence electrons. The summed E-state index contributed by atoms with van der Waals surface area (Å²) in [6.45, 7) is 14.1. The molecule has 3 heterocycles. The molecule has 8 atom stereocenters. The van der Waals surface area contributed by atoms with E-state index >= 15 is 0 Å². The standard InChI is InChI=1S/C27H41NO6/c1-14(2)10-19-23-17(5)16(4)12-18-11-15(3)8-9-20(29)24-21(32-26(6,7)34-24)13-22(30)33-27(18,23)25(31)28-19/h11-12,14,17-21,23-24,29H,8-10,13H2,1-7H3,(H,28,31)/b15-11+/t17-,18+,19-,20+,21-,23+,24+,27-/m1/s1. The van der Waals surface area contributed by atoms with Gasteiger partial charge in [0, 0.05) is 17.9 Å². The molecular weight excluding hydrogens is 434 g/mol. The maximum atomic E-state index is 13.7. The minimum Gasteiger partial charge on any atom is -0.447 e. The third-order valence-corrected chi connectivity index (χ3v) is 8.07. The Morgan fingerprint density at radius 2 is 1.88 bits per heavy atom. The van der Waals surface area contributed by atoms with Crippen LogP contribution in [0.3, 0.4) is 0 Å². The highest BCUT2D eigenvalue weighted by molar-refractivity contribution is 5.92. The predicted molar refractivity (Wildman–Crippen MR) is 128 cm³/mol. The van der Waals surface area contributed by atoms with Gasteiger partial charge in [0.05, 0.1) is 12.5 Å². The zero-order chi connectivity index (χ0) is 25.0. The topological polar surface area (TPSA) is 94.1 Å². The molecule has 0 aromatic rings. The van der Waals surface area contributed by atoms with Crippen LogP contribution in [0.5, 0.6) is 0 Å². The van der Waals surface area contributed by atoms with Crippen molar-refractivity contribution in [2.24, 2.45) is 23.7 Å². The zero-order valence-electron chi connectivity index (χ0n) is 21.6. The highest BCUT2D eigenvalue weighted by Gasteiger charge is 2.64. The third kappa shape index (κ3) is 4.47. The van der Waals surface area contributed by atoms with E-state index in [0.717, 1.165) is 12.0 Å². The van der Waals surface area contributed by atoms with Gasteiger partial charge in [-0.15, -0.1) is 0 Å². The molecule has 1 aliphatic carbocycles. The second-order valence-electron chi connectivity index (χ2n) is 11.7. The number of fused-ring (bicyclic) bond motifs is 1. The van der Waals surface area contributed by atoms with Crippen LogP contribution in [0.2, 0.25) is 0 Å². The molecule has 4 rings (SSSR count). The molecule has 0 unspecified atom stereocenters. The Hall–Kier alpha value is -1.70. The maximum absolute atomic E-state index is 13.7. The highest BCUT2D eigenvalue weighted by atomic mass is 16.8. The number of hydrogen-bond acceptors (Lipinski definition) is 6. The van der Waals surface area contributed by atoms with Gasteiger partial charge in [0.15, 0.2) is 5.79 Å². The van der Waals surface area contributed by atoms with E-state index in [4.69, 9.17) is 14.2 Å². The summed E-state index contributed by atoms with van der Waals surface area (Å²) < 4.78 is 18.3. The first-order chi connectivity index (χ1) is 15.8. The molecule has 0 bridgehead atoms. The number of ether oxygens (including phenoxy) is 3. The van der Waals surface area contributed by atoms with Gasteiger partial charge in [0.2, 0.25) is 5.60 Å². The van der Waals surface area contributed by atoms with Gasteiger partial charge in [0.1, 0.15) is 12.2 Å². The molecule has 2 N–H and O–H groups in total. The smallest absolute Gasteiger partial charge is 0.309 e. The Morgan fingerprint density at radius 1 is 1.18 bits per heavy atom. The van der Waals surface area contributed by atoms with Crippen molar-refractivity contribution in [2.45, 2.75) is 110 Å². The average molecular weight is 476 g/mol. The fourth-order valence-electron chi connectivity index (χ4n) is 6.50. The lowest BCUT2D eigenvalue weighted by molar-refractivity contribution is -0.180. The molecule has 7 heteroatoms. The number of aliphatic hydroxyl groups excluding tert-OH is 1. The van der Waals surface area contributed by atoms with Crippen LogP contribution in [0.15, 0.2) is 23.3 Å². The molecule has 0 aromatic heterocycles. The first-order valence-electron chi connectivity index (χ1n) is 12.8. The molecule has 7 nitrogen and oxygen atoms in total. The maximum Gasteiger partial charge on any atom is 0.309 e. The van der Waals surface area contributed by atoms with Crippen molar-refractivity contribution in [1.29, 1.82) is 0 Å². The molecule has 0 aromatic carbocycles. The number of amides is 1. The van der Waals surface area contributed by atoms with Crippen LogP contribution in [0.1, 0.15) is 74.1 Å². The van der Waals surface area contributed by atoms with Crippen LogP contribution in [0.25, 0.3) is 0 Å². The summed E-state index contributed by atoms with van der Waals surface area (Å²) in [6.07, 6.45) is 4.02. The minimum atomic E-state index is -1.29. The van der Waals surface area contributed by atoms with E-state index in [-0.39, 0.29) is 36.1 Å². The van der Waals surface area contributed by atoms with E-state index in [0.29, 0.717) is 18.8 Å². The van der Waals surface area contributed by atoms with Crippen LogP contribution >= 0.6 is 0 Å². The summed E-state index contributed by atoms with van der Waals surface area (Å²) in [5.41, 5.74) is 0.962. The van der Waals surface area contributed by atoms with Crippen LogP contribution in [-0.4, -0.2) is 52.7 Å². The van der Waals surface area contributed by atoms with Gasteiger partial charge < -0.3 is 24.6 Å². The Kier molecular flexibility index (Phi) is 6.77. The Labute approximate surface area is 203 Å². The first kappa shape index (κ1) is 25.4. The van der Waals surface area contributed by atoms with Gasteiger partial charge in [-0.2, -0.15) is 0 Å². The van der Waals surface area contributed by atoms with Crippen molar-refractivity contribution in [3.63, 3.8) is 0 Å². The molecule has 34 heavy (non-hydrogen) atoms. The number of allylic oxidation sites excluding steroid dienone is 2. The van der Waals surface area contributed by atoms with E-state index in [1.165, 1.54) is 5.57 Å². The van der Waals surface area contributed by atoms with Crippen molar-refractivity contribution in [3.05, 3.63) is 23.3 Å². The highest BCUT2D eigenvalue weighted by Crippen LogP contribution is 2.51. The van der Waals surface area contributed by atoms with Crippen molar-refractivity contribution in [2.75, 3.05) is 0 Å². The largest absolute Gasteiger partial charge is 0.447 e. The number of nitrogens with one attached hydrogen (secondary N) is 1. The predicted octanol–water partition coefficient (Wildman–Crippen LogP) is 3.65. The lowest BCUT2D eigenvalue weighted by Gasteiger charge is -2.45. The second kappa shape index (κ2) is 9.07. The summed E-state index contributed by atoms with van der Waals surface area (Å²) in [6, 6.07) is -0.0670. The molecule has 0 saturated carbocycles. The zero-order valence-corrected chi connectivity index (χ0v) is 21.6. The van der Waals surface area contributed by atoms with E-state index in [2.05, 4.69) is 45.2 Å². The number of rotatable bonds is 2. The Bertz CT molecular complexity index is 892. The van der Waals surface area contributed by atoms with E-state index in [9.17, 15) is 14.7 Å². The van der Waals surface area contributed by atoms with Gasteiger partial charge >= 0.3 is 5.97 Å². The van der Waals surface area contributed by atoms with Gasteiger partial charge in [-0.3, -0.25) is 9.59 Å². The monoisotopic (exact) mass is 475 g/mol. The molecule has 1 amide bonds. The van der Waals surface area contributed by atoms with Gasteiger partial charge in [-0.05, 0) is 58.8 Å². The fourth-order valence-corrected chi connectivity index (χ4v) is 6.50. The fraction of sp³-hybridized carbons (Fsp3) is 0.778. The lowest BCUT2D eigenvalue weighted by Crippen LogP contribution is -2.56. The molecule has 1 spiro atoms. The minimum absolute atomic E-state index is 0.0670. The van der Waals surface area contributed by atoms with Crippen LogP contribution in [0.4, 0.5) is 0 Å². The normalized spacial score (nSPS) is 43.9. The molecule has 2 fully saturated rings. The van der Waals surface area contributed by atoms with Crippen LogP contribution in [0, 0.1) is 23.7 Å². The summed E-state index contributed by atoms with van der Waals surface area (Å²) >= 11 is 0. The summed E-state index contributed by atoms with van der Waals surface area (Å²) in [5, 5.41) is 14.1. The van der Waals surface area contributed by atoms with Crippen LogP contribution < -0.4 is 5.32 Å². The van der Waals surface area contributed by atoms with E-state index < -0.39 is 35.7 Å². The average Bonchev–Trinajstić information content (AvgIpc) is 3.16. The number of aliphatic hydroxyl groups is 1. The molecule has 3 aliphatic heterocycles. The second-order valence-corrected chi connectivity index (χ2v) is 11.7. The quantitative estimate of drug-likeness (QED) is 0.468. The molecule has 0 radical (unpaired) electrons. The van der Waals surface area contributed by atoms with E-state index in [1.54, 1.807) is 13.8 Å². The van der Waals surface area contributed by atoms with Gasteiger partial charge in [-0.1, -0.05) is 44.1 Å². The Balaban J connectivity index is 1.78. The van der Waals surface area contributed by atoms with E-state index in [1.807, 2.05) is 6.92 Å². The third-order valence-electron chi connectivity index (χ3n) is 8.07. The van der Waals surface area contributed by atoms with Crippen molar-refractivity contribution in [1.82, 2.24) is 5.32 Å². The van der Waals surface area contributed by atoms with Gasteiger partial charge in [-0.25, -0.2) is 0 Å². The number of carbonyl (C=O) groups is 2. The Morgan fingerprint density at radius 3 is 2.56 bits per heavy atom. The lowest BCUT2D eigenvalue weighted by atomic mass is 9.63. The number of hydrogen-bond donors (Lipinski definition) is 2. The number of carbonyl (C=O) groups excluding carboxylic acids is 2. The molecule has 2 saturated heterocycles. The summed E-state index contributed by atoms with van der Waals surface area (Å²) in [7, 11) is 0.